The molecule has 0 saturated carbocycles. The lowest BCUT2D eigenvalue weighted by molar-refractivity contribution is -0.137. The molecule has 12 heteroatoms. The SMILES string of the molecule is COCCCO[C@H]1CN(c2cnc(OC3CCN(c4cc(OC)ncc4F)CC3C)c(F)c2)[C@@H](CC(=O)O)[C@@H]1C. The minimum atomic E-state index is -0.930. The summed E-state index contributed by atoms with van der Waals surface area (Å²) in [5.74, 6) is -1.88. The molecule has 2 aromatic heterocycles. The zero-order chi connectivity index (χ0) is 28.8. The number of piperidine rings is 1. The maximum Gasteiger partial charge on any atom is 0.305 e. The summed E-state index contributed by atoms with van der Waals surface area (Å²) in [7, 11) is 3.11. The largest absolute Gasteiger partial charge is 0.481 e. The van der Waals surface area contributed by atoms with Crippen LogP contribution in [0.25, 0.3) is 0 Å². The predicted octanol–water partition coefficient (Wildman–Crippen LogP) is 3.78. The highest BCUT2D eigenvalue weighted by molar-refractivity contribution is 5.69. The fourth-order valence-electron chi connectivity index (χ4n) is 5.53. The predicted molar refractivity (Wildman–Crippen MR) is 144 cm³/mol. The van der Waals surface area contributed by atoms with Crippen molar-refractivity contribution in [3.8, 4) is 11.8 Å². The number of hydrogen-bond donors (Lipinski definition) is 1. The number of aliphatic carboxylic acids is 1. The van der Waals surface area contributed by atoms with E-state index in [0.29, 0.717) is 56.5 Å². The summed E-state index contributed by atoms with van der Waals surface area (Å²) in [5.41, 5.74) is 0.887. The summed E-state index contributed by atoms with van der Waals surface area (Å²) in [6.07, 6.45) is 3.32. The average Bonchev–Trinajstić information content (AvgIpc) is 3.23. The second-order valence-electron chi connectivity index (χ2n) is 10.5. The molecule has 40 heavy (non-hydrogen) atoms. The van der Waals surface area contributed by atoms with Gasteiger partial charge in [0.05, 0.1) is 43.4 Å². The molecule has 10 nitrogen and oxygen atoms in total. The molecule has 2 aliphatic heterocycles. The first-order valence-electron chi connectivity index (χ1n) is 13.6. The molecular formula is C28H38F2N4O6. The molecule has 0 spiro atoms. The molecule has 0 aromatic carbocycles. The van der Waals surface area contributed by atoms with Gasteiger partial charge < -0.3 is 33.9 Å². The van der Waals surface area contributed by atoms with Gasteiger partial charge in [0.2, 0.25) is 5.88 Å². The van der Waals surface area contributed by atoms with Gasteiger partial charge in [0.15, 0.2) is 11.6 Å². The number of pyridine rings is 2. The lowest BCUT2D eigenvalue weighted by Gasteiger charge is -2.38. The van der Waals surface area contributed by atoms with E-state index in [0.717, 1.165) is 12.6 Å². The Kier molecular flexibility index (Phi) is 9.96. The van der Waals surface area contributed by atoms with E-state index >= 15 is 4.39 Å². The first-order valence-corrected chi connectivity index (χ1v) is 13.6. The van der Waals surface area contributed by atoms with Crippen molar-refractivity contribution in [1.29, 1.82) is 0 Å². The van der Waals surface area contributed by atoms with Gasteiger partial charge in [-0.1, -0.05) is 13.8 Å². The number of carboxylic acids is 1. The van der Waals surface area contributed by atoms with Gasteiger partial charge in [-0.15, -0.1) is 0 Å². The van der Waals surface area contributed by atoms with Crippen LogP contribution < -0.4 is 19.3 Å². The van der Waals surface area contributed by atoms with Gasteiger partial charge in [-0.2, -0.15) is 0 Å². The van der Waals surface area contributed by atoms with E-state index in [4.69, 9.17) is 18.9 Å². The molecule has 0 bridgehead atoms. The second kappa shape index (κ2) is 13.4. The van der Waals surface area contributed by atoms with Crippen molar-refractivity contribution in [1.82, 2.24) is 9.97 Å². The molecule has 0 aliphatic carbocycles. The highest BCUT2D eigenvalue weighted by Gasteiger charge is 2.41. The van der Waals surface area contributed by atoms with Crippen LogP contribution in [0.1, 0.15) is 33.1 Å². The highest BCUT2D eigenvalue weighted by Crippen LogP contribution is 2.35. The second-order valence-corrected chi connectivity index (χ2v) is 10.5. The van der Waals surface area contributed by atoms with Gasteiger partial charge in [0, 0.05) is 76.4 Å². The molecule has 2 saturated heterocycles. The number of carboxylic acid groups (broad SMARTS) is 1. The smallest absolute Gasteiger partial charge is 0.305 e. The Bertz CT molecular complexity index is 1160. The number of hydrogen-bond acceptors (Lipinski definition) is 9. The van der Waals surface area contributed by atoms with E-state index < -0.39 is 17.6 Å². The Labute approximate surface area is 233 Å². The molecule has 4 rings (SSSR count). The highest BCUT2D eigenvalue weighted by atomic mass is 19.1. The maximum absolute atomic E-state index is 15.3. The summed E-state index contributed by atoms with van der Waals surface area (Å²) >= 11 is 0. The average molecular weight is 565 g/mol. The molecule has 2 aliphatic rings. The number of ether oxygens (including phenoxy) is 4. The molecule has 2 aromatic rings. The first-order chi connectivity index (χ1) is 19.2. The van der Waals surface area contributed by atoms with Crippen LogP contribution in [0, 0.1) is 23.5 Å². The van der Waals surface area contributed by atoms with E-state index in [1.807, 2.05) is 23.6 Å². The van der Waals surface area contributed by atoms with Gasteiger partial charge in [-0.3, -0.25) is 4.79 Å². The fraction of sp³-hybridized carbons (Fsp3) is 0.607. The van der Waals surface area contributed by atoms with Gasteiger partial charge in [0.1, 0.15) is 6.10 Å². The van der Waals surface area contributed by atoms with Crippen molar-refractivity contribution in [3.63, 3.8) is 0 Å². The van der Waals surface area contributed by atoms with Gasteiger partial charge in [-0.25, -0.2) is 18.7 Å². The van der Waals surface area contributed by atoms with Crippen molar-refractivity contribution in [3.05, 3.63) is 36.2 Å². The molecular weight excluding hydrogens is 526 g/mol. The number of aromatic nitrogens is 2. The number of rotatable bonds is 12. The van der Waals surface area contributed by atoms with Crippen LogP contribution >= 0.6 is 0 Å². The van der Waals surface area contributed by atoms with Crippen molar-refractivity contribution in [2.45, 2.75) is 51.4 Å². The first kappa shape index (κ1) is 29.7. The molecule has 2 fully saturated rings. The van der Waals surface area contributed by atoms with Gasteiger partial charge in [0.25, 0.3) is 5.88 Å². The van der Waals surface area contributed by atoms with Crippen molar-refractivity contribution in [2.75, 3.05) is 56.9 Å². The Hall–Kier alpha value is -3.25. The minimum Gasteiger partial charge on any atom is -0.481 e. The Balaban J connectivity index is 1.42. The molecule has 1 N–H and O–H groups in total. The van der Waals surface area contributed by atoms with Crippen molar-refractivity contribution < 1.29 is 37.6 Å². The van der Waals surface area contributed by atoms with Crippen LogP contribution in [0.5, 0.6) is 11.8 Å². The quantitative estimate of drug-likeness (QED) is 0.383. The Morgan fingerprint density at radius 1 is 1.07 bits per heavy atom. The van der Waals surface area contributed by atoms with E-state index in [-0.39, 0.29) is 42.4 Å². The molecule has 5 atom stereocenters. The van der Waals surface area contributed by atoms with Crippen LogP contribution in [-0.2, 0) is 14.3 Å². The number of halogens is 2. The Morgan fingerprint density at radius 2 is 1.88 bits per heavy atom. The van der Waals surface area contributed by atoms with Gasteiger partial charge in [-0.05, 0) is 6.42 Å². The lowest BCUT2D eigenvalue weighted by atomic mass is 9.96. The van der Waals surface area contributed by atoms with Crippen LogP contribution in [0.15, 0.2) is 24.5 Å². The topological polar surface area (TPSA) is 106 Å². The van der Waals surface area contributed by atoms with E-state index in [1.54, 1.807) is 13.2 Å². The lowest BCUT2D eigenvalue weighted by Crippen LogP contribution is -2.45. The third-order valence-corrected chi connectivity index (χ3v) is 7.75. The third-order valence-electron chi connectivity index (χ3n) is 7.75. The summed E-state index contributed by atoms with van der Waals surface area (Å²) in [4.78, 5) is 23.5. The maximum atomic E-state index is 15.3. The molecule has 220 valence electrons. The number of nitrogens with zero attached hydrogens (tertiary/aromatic N) is 4. The molecule has 2 unspecified atom stereocenters. The number of carbonyl (C=O) groups is 1. The van der Waals surface area contributed by atoms with Crippen LogP contribution in [0.4, 0.5) is 20.2 Å². The van der Waals surface area contributed by atoms with Crippen molar-refractivity contribution in [2.24, 2.45) is 11.8 Å². The number of methoxy groups -OCH3 is 2. The van der Waals surface area contributed by atoms with Crippen LogP contribution in [0.3, 0.4) is 0 Å². The minimum absolute atomic E-state index is 0.0384. The standard InChI is InChI=1S/C28H38F2N4O6/c1-17-15-33(23-11-26(38-4)31-14-21(23)30)7-6-24(17)40-28-20(29)10-19(13-32-28)34-16-25(39-9-5-8-37-3)18(2)22(34)12-27(35)36/h10-11,13-14,17-18,22,24-25H,5-9,12,15-16H2,1-4H3,(H,35,36)/t17?,18-,22-,24?,25-/m0/s1. The van der Waals surface area contributed by atoms with Crippen LogP contribution in [-0.4, -0.2) is 86.4 Å². The summed E-state index contributed by atoms with van der Waals surface area (Å²) in [5, 5.41) is 9.50. The summed E-state index contributed by atoms with van der Waals surface area (Å²) in [6, 6.07) is 2.54. The Morgan fingerprint density at radius 3 is 2.55 bits per heavy atom. The van der Waals surface area contributed by atoms with E-state index in [1.165, 1.54) is 19.4 Å². The molecule has 0 radical (unpaired) electrons. The summed E-state index contributed by atoms with van der Waals surface area (Å²) in [6.45, 7) is 6.43. The molecule has 0 amide bonds. The monoisotopic (exact) mass is 564 g/mol. The zero-order valence-electron chi connectivity index (χ0n) is 23.4. The zero-order valence-corrected chi connectivity index (χ0v) is 23.4. The normalized spacial score (nSPS) is 24.8. The van der Waals surface area contributed by atoms with Gasteiger partial charge >= 0.3 is 5.97 Å². The third kappa shape index (κ3) is 6.90. The van der Waals surface area contributed by atoms with Crippen LogP contribution in [0.2, 0.25) is 0 Å². The van der Waals surface area contributed by atoms with E-state index in [2.05, 4.69) is 9.97 Å². The molecule has 4 heterocycles. The summed E-state index contributed by atoms with van der Waals surface area (Å²) < 4.78 is 51.9. The fourth-order valence-corrected chi connectivity index (χ4v) is 5.53. The van der Waals surface area contributed by atoms with Crippen molar-refractivity contribution >= 4 is 17.3 Å². The van der Waals surface area contributed by atoms with E-state index in [9.17, 15) is 14.3 Å². The number of anilines is 2.